The van der Waals surface area contributed by atoms with Gasteiger partial charge in [0, 0.05) is 14.1 Å². The molecule has 23 heavy (non-hydrogen) atoms. The molecule has 0 bridgehead atoms. The molecule has 1 N–H and O–H groups in total. The zero-order valence-electron chi connectivity index (χ0n) is 12.6. The van der Waals surface area contributed by atoms with Crippen LogP contribution >= 0.6 is 12.2 Å². The van der Waals surface area contributed by atoms with Crippen LogP contribution in [0.1, 0.15) is 11.3 Å². The van der Waals surface area contributed by atoms with Gasteiger partial charge < -0.3 is 9.55 Å². The molecule has 2 aromatic heterocycles. The fraction of sp³-hybridized carbons (Fsp3) is 0.125. The minimum Gasteiger partial charge on any atom is -0.306 e. The van der Waals surface area contributed by atoms with Crippen molar-refractivity contribution in [3.8, 4) is 0 Å². The Morgan fingerprint density at radius 3 is 2.48 bits per heavy atom. The maximum absolute atomic E-state index is 12.3. The zero-order valence-corrected chi connectivity index (χ0v) is 13.4. The van der Waals surface area contributed by atoms with E-state index in [9.17, 15) is 9.59 Å². The summed E-state index contributed by atoms with van der Waals surface area (Å²) in [4.78, 5) is 31.4. The van der Waals surface area contributed by atoms with Crippen LogP contribution in [0.5, 0.6) is 0 Å². The summed E-state index contributed by atoms with van der Waals surface area (Å²) >= 11 is 5.16. The molecule has 0 radical (unpaired) electrons. The van der Waals surface area contributed by atoms with Gasteiger partial charge in [-0.1, -0.05) is 36.4 Å². The molecule has 0 atom stereocenters. The topological polar surface area (TPSA) is 72.7 Å². The van der Waals surface area contributed by atoms with Crippen molar-refractivity contribution in [3.05, 3.63) is 67.1 Å². The van der Waals surface area contributed by atoms with Crippen LogP contribution in [0.15, 0.2) is 39.9 Å². The van der Waals surface area contributed by atoms with E-state index in [1.807, 2.05) is 30.3 Å². The molecule has 1 aromatic carbocycles. The van der Waals surface area contributed by atoms with Crippen molar-refractivity contribution in [1.29, 1.82) is 0 Å². The van der Waals surface area contributed by atoms with Crippen LogP contribution in [0.25, 0.3) is 23.3 Å². The Bertz CT molecular complexity index is 1090. The predicted octanol–water partition coefficient (Wildman–Crippen LogP) is 1.86. The van der Waals surface area contributed by atoms with Gasteiger partial charge in [-0.2, -0.15) is 0 Å². The quantitative estimate of drug-likeness (QED) is 0.730. The molecule has 0 aliphatic heterocycles. The third kappa shape index (κ3) is 2.66. The van der Waals surface area contributed by atoms with E-state index in [-0.39, 0.29) is 22.3 Å². The molecule has 7 heteroatoms. The number of aromatic nitrogens is 4. The summed E-state index contributed by atoms with van der Waals surface area (Å²) in [5.41, 5.74) is 0.899. The van der Waals surface area contributed by atoms with E-state index in [0.29, 0.717) is 10.4 Å². The maximum atomic E-state index is 12.3. The largest absolute Gasteiger partial charge is 0.306 e. The van der Waals surface area contributed by atoms with Gasteiger partial charge in [-0.25, -0.2) is 4.98 Å². The van der Waals surface area contributed by atoms with E-state index in [0.717, 1.165) is 5.56 Å². The first-order valence-corrected chi connectivity index (χ1v) is 7.33. The van der Waals surface area contributed by atoms with Gasteiger partial charge in [-0.05, 0) is 23.9 Å². The van der Waals surface area contributed by atoms with E-state index in [4.69, 9.17) is 12.2 Å². The van der Waals surface area contributed by atoms with E-state index >= 15 is 0 Å². The maximum Gasteiger partial charge on any atom is 0.282 e. The number of hydrogen-bond acceptors (Lipinski definition) is 4. The molecule has 3 rings (SSSR count). The summed E-state index contributed by atoms with van der Waals surface area (Å²) in [6, 6.07) is 9.54. The summed E-state index contributed by atoms with van der Waals surface area (Å²) in [5.74, 6) is 0. The lowest BCUT2D eigenvalue weighted by Gasteiger charge is -2.08. The highest BCUT2D eigenvalue weighted by atomic mass is 32.1. The lowest BCUT2D eigenvalue weighted by atomic mass is 10.2. The third-order valence-electron chi connectivity index (χ3n) is 3.57. The first-order valence-electron chi connectivity index (χ1n) is 6.92. The highest BCUT2D eigenvalue weighted by Crippen LogP contribution is 2.06. The minimum absolute atomic E-state index is 0.176. The number of aromatic amines is 1. The van der Waals surface area contributed by atoms with E-state index in [1.165, 1.54) is 4.57 Å². The Hall–Kier alpha value is -2.80. The summed E-state index contributed by atoms with van der Waals surface area (Å²) in [6.07, 6.45) is 3.37. The van der Waals surface area contributed by atoms with Crippen molar-refractivity contribution in [1.82, 2.24) is 19.1 Å². The number of nitrogens with zero attached hydrogens (tertiary/aromatic N) is 3. The highest BCUT2D eigenvalue weighted by molar-refractivity contribution is 7.71. The summed E-state index contributed by atoms with van der Waals surface area (Å²) in [5, 5.41) is 0. The van der Waals surface area contributed by atoms with Gasteiger partial charge in [0.05, 0.1) is 0 Å². The lowest BCUT2D eigenvalue weighted by Crippen LogP contribution is -2.26. The van der Waals surface area contributed by atoms with Crippen molar-refractivity contribution < 1.29 is 0 Å². The minimum atomic E-state index is -0.372. The lowest BCUT2D eigenvalue weighted by molar-refractivity contribution is 0.734. The smallest absolute Gasteiger partial charge is 0.282 e. The van der Waals surface area contributed by atoms with Crippen LogP contribution in [0.4, 0.5) is 0 Å². The Labute approximate surface area is 136 Å². The number of rotatable bonds is 2. The van der Waals surface area contributed by atoms with Gasteiger partial charge in [-0.15, -0.1) is 0 Å². The Balaban J connectivity index is 2.23. The Morgan fingerprint density at radius 2 is 1.78 bits per heavy atom. The van der Waals surface area contributed by atoms with E-state index < -0.39 is 0 Å². The van der Waals surface area contributed by atoms with Gasteiger partial charge in [0.25, 0.3) is 11.1 Å². The van der Waals surface area contributed by atoms with Gasteiger partial charge in [-0.3, -0.25) is 14.2 Å². The number of benzene rings is 1. The molecule has 0 fully saturated rings. The number of aryl methyl sites for hydroxylation is 1. The first kappa shape index (κ1) is 15.1. The molecular formula is C16H14N4O2S. The molecule has 0 aliphatic carbocycles. The molecule has 0 spiro atoms. The highest BCUT2D eigenvalue weighted by Gasteiger charge is 2.10. The van der Waals surface area contributed by atoms with E-state index in [1.54, 1.807) is 30.8 Å². The van der Waals surface area contributed by atoms with Crippen LogP contribution in [-0.2, 0) is 14.1 Å². The molecule has 0 aliphatic rings. The predicted molar refractivity (Wildman–Crippen MR) is 92.8 cm³/mol. The summed E-state index contributed by atoms with van der Waals surface area (Å²) in [6.45, 7) is 0. The Kier molecular flexibility index (Phi) is 3.79. The van der Waals surface area contributed by atoms with Crippen LogP contribution in [0, 0.1) is 4.77 Å². The molecule has 0 saturated carbocycles. The van der Waals surface area contributed by atoms with Crippen molar-refractivity contribution >= 4 is 35.5 Å². The molecule has 6 nitrogen and oxygen atoms in total. The SMILES string of the molecule is Cn1c(=O)c2nc(/C=C/c3ccccc3)c(=O)[nH]c2n(C)c1=S. The second kappa shape index (κ2) is 5.77. The third-order valence-corrected chi connectivity index (χ3v) is 4.12. The number of H-pyrrole nitrogens is 1. The molecule has 0 saturated heterocycles. The molecule has 116 valence electrons. The van der Waals surface area contributed by atoms with Crippen molar-refractivity contribution in [2.75, 3.05) is 0 Å². The molecule has 0 amide bonds. The number of nitrogens with one attached hydrogen (secondary N) is 1. The zero-order chi connectivity index (χ0) is 16.6. The number of hydrogen-bond donors (Lipinski definition) is 1. The monoisotopic (exact) mass is 326 g/mol. The standard InChI is InChI=1S/C16H14N4O2S/c1-19-13-12(15(22)20(2)16(19)23)17-11(14(21)18-13)9-8-10-6-4-3-5-7-10/h3-9H,1-2H3,(H,18,21)/b9-8+. The van der Waals surface area contributed by atoms with Crippen LogP contribution < -0.4 is 11.1 Å². The van der Waals surface area contributed by atoms with Crippen molar-refractivity contribution in [2.45, 2.75) is 0 Å². The van der Waals surface area contributed by atoms with Gasteiger partial charge in [0.15, 0.2) is 10.3 Å². The average molecular weight is 326 g/mol. The molecule has 0 unspecified atom stereocenters. The van der Waals surface area contributed by atoms with Gasteiger partial charge >= 0.3 is 0 Å². The molecular weight excluding hydrogens is 312 g/mol. The normalized spacial score (nSPS) is 11.4. The average Bonchev–Trinajstić information content (AvgIpc) is 2.57. The van der Waals surface area contributed by atoms with Crippen LogP contribution in [0.3, 0.4) is 0 Å². The van der Waals surface area contributed by atoms with Crippen LogP contribution in [0.2, 0.25) is 0 Å². The second-order valence-electron chi connectivity index (χ2n) is 5.10. The van der Waals surface area contributed by atoms with Gasteiger partial charge in [0.2, 0.25) is 0 Å². The van der Waals surface area contributed by atoms with Gasteiger partial charge in [0.1, 0.15) is 11.3 Å². The van der Waals surface area contributed by atoms with Crippen LogP contribution in [-0.4, -0.2) is 19.1 Å². The first-order chi connectivity index (χ1) is 11.0. The van der Waals surface area contributed by atoms with Crippen molar-refractivity contribution in [2.24, 2.45) is 14.1 Å². The molecule has 3 aromatic rings. The number of fused-ring (bicyclic) bond motifs is 1. The van der Waals surface area contributed by atoms with E-state index in [2.05, 4.69) is 9.97 Å². The Morgan fingerprint density at radius 1 is 1.09 bits per heavy atom. The fourth-order valence-electron chi connectivity index (χ4n) is 2.27. The summed E-state index contributed by atoms with van der Waals surface area (Å²) < 4.78 is 3.20. The van der Waals surface area contributed by atoms with Crippen molar-refractivity contribution in [3.63, 3.8) is 0 Å². The fourth-order valence-corrected chi connectivity index (χ4v) is 2.44. The molecule has 2 heterocycles. The second-order valence-corrected chi connectivity index (χ2v) is 5.46. The summed E-state index contributed by atoms with van der Waals surface area (Å²) in [7, 11) is 3.26.